The van der Waals surface area contributed by atoms with E-state index in [4.69, 9.17) is 0 Å². The summed E-state index contributed by atoms with van der Waals surface area (Å²) in [4.78, 5) is 0. The fourth-order valence-corrected chi connectivity index (χ4v) is 1.73. The minimum Gasteiger partial charge on any atom is -0.508 e. The van der Waals surface area contributed by atoms with Gasteiger partial charge in [-0.25, -0.2) is 4.39 Å². The molecule has 2 aromatic rings. The lowest BCUT2D eigenvalue weighted by atomic mass is 10.0. The minimum atomic E-state index is -0.223. The number of rotatable bonds is 1. The zero-order valence-electron chi connectivity index (χ0n) is 7.92. The Kier molecular flexibility index (Phi) is 2.12. The van der Waals surface area contributed by atoms with E-state index in [0.717, 1.165) is 10.9 Å². The molecule has 0 amide bonds. The molecule has 0 spiro atoms. The van der Waals surface area contributed by atoms with Crippen molar-refractivity contribution in [3.05, 3.63) is 41.7 Å². The molecular formula is C12H11FO. The van der Waals surface area contributed by atoms with Crippen LogP contribution in [0.2, 0.25) is 0 Å². The zero-order valence-corrected chi connectivity index (χ0v) is 7.92. The van der Waals surface area contributed by atoms with Crippen LogP contribution in [-0.2, 0) is 6.42 Å². The summed E-state index contributed by atoms with van der Waals surface area (Å²) in [5.74, 6) is -0.0284. The van der Waals surface area contributed by atoms with E-state index in [1.165, 1.54) is 6.07 Å². The third-order valence-corrected chi connectivity index (χ3v) is 2.37. The van der Waals surface area contributed by atoms with Crippen LogP contribution in [0.3, 0.4) is 0 Å². The summed E-state index contributed by atoms with van der Waals surface area (Å²) < 4.78 is 13.5. The van der Waals surface area contributed by atoms with E-state index in [1.54, 1.807) is 24.3 Å². The lowest BCUT2D eigenvalue weighted by Crippen LogP contribution is -1.87. The first-order valence-electron chi connectivity index (χ1n) is 4.62. The molecule has 1 nitrogen and oxygen atoms in total. The van der Waals surface area contributed by atoms with Gasteiger partial charge >= 0.3 is 0 Å². The van der Waals surface area contributed by atoms with Gasteiger partial charge < -0.3 is 5.11 Å². The van der Waals surface area contributed by atoms with Crippen molar-refractivity contribution < 1.29 is 9.50 Å². The van der Waals surface area contributed by atoms with Gasteiger partial charge in [-0.05, 0) is 35.6 Å². The third kappa shape index (κ3) is 1.33. The van der Waals surface area contributed by atoms with Crippen LogP contribution in [0.5, 0.6) is 5.75 Å². The maximum absolute atomic E-state index is 13.5. The van der Waals surface area contributed by atoms with E-state index in [9.17, 15) is 9.50 Å². The average molecular weight is 190 g/mol. The monoisotopic (exact) mass is 190 g/mol. The number of phenolic OH excluding ortho intramolecular Hbond substituents is 1. The fraction of sp³-hybridized carbons (Fsp3) is 0.167. The first kappa shape index (κ1) is 9.00. The molecule has 0 saturated heterocycles. The second-order valence-electron chi connectivity index (χ2n) is 3.30. The Bertz CT molecular complexity index is 477. The predicted octanol–water partition coefficient (Wildman–Crippen LogP) is 3.25. The Hall–Kier alpha value is -1.57. The second kappa shape index (κ2) is 3.29. The molecule has 2 rings (SSSR count). The zero-order chi connectivity index (χ0) is 10.1. The molecule has 72 valence electrons. The van der Waals surface area contributed by atoms with Gasteiger partial charge in [-0.15, -0.1) is 0 Å². The normalized spacial score (nSPS) is 10.7. The van der Waals surface area contributed by atoms with Crippen LogP contribution in [0.25, 0.3) is 10.8 Å². The van der Waals surface area contributed by atoms with E-state index in [2.05, 4.69) is 0 Å². The van der Waals surface area contributed by atoms with Crippen LogP contribution in [0.15, 0.2) is 30.3 Å². The molecule has 1 N–H and O–H groups in total. The van der Waals surface area contributed by atoms with Crippen LogP contribution < -0.4 is 0 Å². The quantitative estimate of drug-likeness (QED) is 0.731. The van der Waals surface area contributed by atoms with Gasteiger partial charge in [-0.3, -0.25) is 0 Å². The lowest BCUT2D eigenvalue weighted by molar-refractivity contribution is 0.475. The number of phenols is 1. The molecule has 0 heterocycles. The molecule has 0 aliphatic heterocycles. The largest absolute Gasteiger partial charge is 0.508 e. The molecule has 0 atom stereocenters. The van der Waals surface area contributed by atoms with Crippen LogP contribution in [0, 0.1) is 5.82 Å². The van der Waals surface area contributed by atoms with Crippen LogP contribution in [0.4, 0.5) is 4.39 Å². The van der Waals surface area contributed by atoms with Crippen molar-refractivity contribution in [1.29, 1.82) is 0 Å². The van der Waals surface area contributed by atoms with Crippen molar-refractivity contribution in [2.45, 2.75) is 13.3 Å². The van der Waals surface area contributed by atoms with Crippen molar-refractivity contribution in [2.75, 3.05) is 0 Å². The van der Waals surface area contributed by atoms with Crippen molar-refractivity contribution >= 4 is 10.8 Å². The van der Waals surface area contributed by atoms with Crippen molar-refractivity contribution in [3.8, 4) is 5.75 Å². The highest BCUT2D eigenvalue weighted by Gasteiger charge is 2.06. The maximum Gasteiger partial charge on any atom is 0.131 e. The Labute approximate surface area is 81.8 Å². The summed E-state index contributed by atoms with van der Waals surface area (Å²) in [5.41, 5.74) is 0.845. The molecule has 0 aliphatic carbocycles. The molecule has 0 radical (unpaired) electrons. The second-order valence-corrected chi connectivity index (χ2v) is 3.30. The van der Waals surface area contributed by atoms with E-state index < -0.39 is 0 Å². The first-order chi connectivity index (χ1) is 6.72. The number of aryl methyl sites for hydroxylation is 1. The van der Waals surface area contributed by atoms with Gasteiger partial charge in [0.1, 0.15) is 11.6 Å². The van der Waals surface area contributed by atoms with E-state index >= 15 is 0 Å². The Balaban J connectivity index is 2.88. The molecule has 0 fully saturated rings. The highest BCUT2D eigenvalue weighted by Crippen LogP contribution is 2.27. The molecule has 14 heavy (non-hydrogen) atoms. The summed E-state index contributed by atoms with van der Waals surface area (Å²) in [6.07, 6.45) is 0.714. The van der Waals surface area contributed by atoms with Crippen molar-refractivity contribution in [1.82, 2.24) is 0 Å². The highest BCUT2D eigenvalue weighted by atomic mass is 19.1. The van der Waals surface area contributed by atoms with E-state index in [1.807, 2.05) is 6.92 Å². The van der Waals surface area contributed by atoms with Gasteiger partial charge in [0, 0.05) is 5.39 Å². The van der Waals surface area contributed by atoms with Gasteiger partial charge in [0.2, 0.25) is 0 Å². The number of hydrogen-bond acceptors (Lipinski definition) is 1. The highest BCUT2D eigenvalue weighted by molar-refractivity contribution is 5.87. The molecule has 2 aromatic carbocycles. The molecule has 0 unspecified atom stereocenters. The average Bonchev–Trinajstić information content (AvgIpc) is 2.16. The van der Waals surface area contributed by atoms with Gasteiger partial charge in [-0.2, -0.15) is 0 Å². The van der Waals surface area contributed by atoms with Crippen LogP contribution in [0.1, 0.15) is 12.5 Å². The van der Waals surface area contributed by atoms with Crippen molar-refractivity contribution in [2.24, 2.45) is 0 Å². The Morgan fingerprint density at radius 1 is 1.29 bits per heavy atom. The molecule has 0 saturated carbocycles. The van der Waals surface area contributed by atoms with Gasteiger partial charge in [0.05, 0.1) is 0 Å². The topological polar surface area (TPSA) is 20.2 Å². The number of hydrogen-bond donors (Lipinski definition) is 1. The predicted molar refractivity (Wildman–Crippen MR) is 54.9 cm³/mol. The number of benzene rings is 2. The van der Waals surface area contributed by atoms with Gasteiger partial charge in [0.25, 0.3) is 0 Å². The number of aromatic hydroxyl groups is 1. The van der Waals surface area contributed by atoms with Crippen LogP contribution in [-0.4, -0.2) is 5.11 Å². The van der Waals surface area contributed by atoms with Crippen LogP contribution >= 0.6 is 0 Å². The number of fused-ring (bicyclic) bond motifs is 1. The molecule has 0 bridgehead atoms. The smallest absolute Gasteiger partial charge is 0.131 e. The summed E-state index contributed by atoms with van der Waals surface area (Å²) in [6.45, 7) is 1.95. The van der Waals surface area contributed by atoms with Gasteiger partial charge in [0.15, 0.2) is 0 Å². The molecule has 0 aliphatic rings. The standard InChI is InChI=1S/C12H11FO/c1-2-8-6-10(14)7-9-4-3-5-11(13)12(8)9/h3-7,14H,2H2,1H3. The molecule has 0 aromatic heterocycles. The molecule has 2 heteroatoms. The fourth-order valence-electron chi connectivity index (χ4n) is 1.73. The Morgan fingerprint density at radius 3 is 2.79 bits per heavy atom. The minimum absolute atomic E-state index is 0.194. The first-order valence-corrected chi connectivity index (χ1v) is 4.62. The maximum atomic E-state index is 13.5. The Morgan fingerprint density at radius 2 is 2.07 bits per heavy atom. The summed E-state index contributed by atoms with van der Waals surface area (Å²) >= 11 is 0. The number of halogens is 1. The summed E-state index contributed by atoms with van der Waals surface area (Å²) in [7, 11) is 0. The molecular weight excluding hydrogens is 179 g/mol. The van der Waals surface area contributed by atoms with E-state index in [0.29, 0.717) is 11.8 Å². The summed E-state index contributed by atoms with van der Waals surface area (Å²) in [6, 6.07) is 8.09. The lowest BCUT2D eigenvalue weighted by Gasteiger charge is -2.06. The SMILES string of the molecule is CCc1cc(O)cc2cccc(F)c12. The summed E-state index contributed by atoms with van der Waals surface area (Å²) in [5, 5.41) is 10.8. The third-order valence-electron chi connectivity index (χ3n) is 2.37. The van der Waals surface area contributed by atoms with E-state index in [-0.39, 0.29) is 11.6 Å². The van der Waals surface area contributed by atoms with Gasteiger partial charge in [-0.1, -0.05) is 19.1 Å². The van der Waals surface area contributed by atoms with Crippen molar-refractivity contribution in [3.63, 3.8) is 0 Å².